The number of carbonyl (C=O) groups excluding carboxylic acids is 2. The zero-order chi connectivity index (χ0) is 18.8. The van der Waals surface area contributed by atoms with Crippen LogP contribution in [0, 0.1) is 5.92 Å². The lowest BCUT2D eigenvalue weighted by Gasteiger charge is -2.36. The maximum absolute atomic E-state index is 12.9. The van der Waals surface area contributed by atoms with E-state index in [-0.39, 0.29) is 35.9 Å². The number of piperidine rings is 1. The second kappa shape index (κ2) is 7.43. The van der Waals surface area contributed by atoms with Gasteiger partial charge in [0.1, 0.15) is 5.75 Å². The topological polar surface area (TPSA) is 60.9 Å². The summed E-state index contributed by atoms with van der Waals surface area (Å²) in [5, 5.41) is 9.94. The largest absolute Gasteiger partial charge is 0.508 e. The molecule has 0 aliphatic carbocycles. The molecule has 0 radical (unpaired) electrons. The van der Waals surface area contributed by atoms with Crippen molar-refractivity contribution in [3.8, 4) is 5.75 Å². The van der Waals surface area contributed by atoms with Gasteiger partial charge in [-0.15, -0.1) is 0 Å². The molecule has 5 nitrogen and oxygen atoms in total. The summed E-state index contributed by atoms with van der Waals surface area (Å²) in [7, 11) is 0. The van der Waals surface area contributed by atoms with Gasteiger partial charge in [-0.1, -0.05) is 48.5 Å². The maximum atomic E-state index is 12.9. The fourth-order valence-corrected chi connectivity index (χ4v) is 4.17. The number of phenols is 1. The molecule has 2 atom stereocenters. The molecule has 2 amide bonds. The number of fused-ring (bicyclic) bond motifs is 4. The van der Waals surface area contributed by atoms with Crippen molar-refractivity contribution in [2.45, 2.75) is 31.8 Å². The Kier molecular flexibility index (Phi) is 4.84. The van der Waals surface area contributed by atoms with Gasteiger partial charge in [-0.25, -0.2) is 0 Å². The first kappa shape index (κ1) is 17.6. The quantitative estimate of drug-likeness (QED) is 0.907. The molecule has 5 heteroatoms. The smallest absolute Gasteiger partial charge is 0.228 e. The van der Waals surface area contributed by atoms with E-state index in [0.29, 0.717) is 25.2 Å². The third-order valence-electron chi connectivity index (χ3n) is 5.68. The molecule has 2 aromatic rings. The molecule has 3 aliphatic rings. The van der Waals surface area contributed by atoms with Crippen molar-refractivity contribution < 1.29 is 14.7 Å². The SMILES string of the molecule is O=C(Cc1ccccc1O)N1C[C@H]2CC[C@@H](C1)N(Cc1ccccc1)C2=O. The Morgan fingerprint density at radius 1 is 1.00 bits per heavy atom. The number of nitrogens with zero attached hydrogens (tertiary/aromatic N) is 2. The Bertz CT molecular complexity index is 836. The summed E-state index contributed by atoms with van der Waals surface area (Å²) >= 11 is 0. The lowest BCUT2D eigenvalue weighted by Crippen LogP contribution is -2.47. The lowest BCUT2D eigenvalue weighted by atomic mass is 9.93. The number of carbonyl (C=O) groups is 2. The van der Waals surface area contributed by atoms with Crippen molar-refractivity contribution >= 4 is 11.8 Å². The van der Waals surface area contributed by atoms with Gasteiger partial charge in [-0.05, 0) is 24.5 Å². The molecular weight excluding hydrogens is 340 g/mol. The molecule has 0 saturated carbocycles. The van der Waals surface area contributed by atoms with Crippen LogP contribution in [0.25, 0.3) is 0 Å². The van der Waals surface area contributed by atoms with Crippen molar-refractivity contribution in [3.63, 3.8) is 0 Å². The van der Waals surface area contributed by atoms with Crippen molar-refractivity contribution in [3.05, 3.63) is 65.7 Å². The molecule has 27 heavy (non-hydrogen) atoms. The summed E-state index contributed by atoms with van der Waals surface area (Å²) in [6, 6.07) is 17.0. The molecule has 0 aromatic heterocycles. The van der Waals surface area contributed by atoms with Gasteiger partial charge in [0, 0.05) is 31.2 Å². The third-order valence-corrected chi connectivity index (χ3v) is 5.68. The maximum Gasteiger partial charge on any atom is 0.228 e. The predicted octanol–water partition coefficient (Wildman–Crippen LogP) is 2.58. The molecular formula is C22H24N2O3. The van der Waals surface area contributed by atoms with E-state index in [1.807, 2.05) is 46.2 Å². The lowest BCUT2D eigenvalue weighted by molar-refractivity contribution is -0.140. The minimum Gasteiger partial charge on any atom is -0.508 e. The third kappa shape index (κ3) is 3.68. The summed E-state index contributed by atoms with van der Waals surface area (Å²) in [6.45, 7) is 1.65. The number of hydrogen-bond donors (Lipinski definition) is 1. The predicted molar refractivity (Wildman–Crippen MR) is 102 cm³/mol. The molecule has 1 N–H and O–H groups in total. The van der Waals surface area contributed by atoms with Crippen LogP contribution in [0.15, 0.2) is 54.6 Å². The van der Waals surface area contributed by atoms with Crippen LogP contribution >= 0.6 is 0 Å². The highest BCUT2D eigenvalue weighted by Crippen LogP contribution is 2.31. The van der Waals surface area contributed by atoms with Gasteiger partial charge in [-0.2, -0.15) is 0 Å². The zero-order valence-electron chi connectivity index (χ0n) is 15.3. The fraction of sp³-hybridized carbons (Fsp3) is 0.364. The zero-order valence-corrected chi connectivity index (χ0v) is 15.3. The van der Waals surface area contributed by atoms with E-state index in [4.69, 9.17) is 0 Å². The molecule has 3 saturated heterocycles. The van der Waals surface area contributed by atoms with Crippen molar-refractivity contribution in [2.24, 2.45) is 5.92 Å². The highest BCUT2D eigenvalue weighted by molar-refractivity contribution is 5.84. The van der Waals surface area contributed by atoms with Gasteiger partial charge in [0.05, 0.1) is 12.3 Å². The minimum atomic E-state index is -0.124. The van der Waals surface area contributed by atoms with Gasteiger partial charge in [0.2, 0.25) is 11.8 Å². The van der Waals surface area contributed by atoms with E-state index < -0.39 is 0 Å². The number of phenolic OH excluding ortho intramolecular Hbond substituents is 1. The number of aromatic hydroxyl groups is 1. The first-order chi connectivity index (χ1) is 13.1. The minimum absolute atomic E-state index is 0.0252. The van der Waals surface area contributed by atoms with E-state index in [1.165, 1.54) is 0 Å². The summed E-state index contributed by atoms with van der Waals surface area (Å²) in [6.07, 6.45) is 1.94. The van der Waals surface area contributed by atoms with Crippen LogP contribution in [-0.4, -0.2) is 45.9 Å². The second-order valence-electron chi connectivity index (χ2n) is 7.48. The highest BCUT2D eigenvalue weighted by Gasteiger charge is 2.41. The number of rotatable bonds is 4. The highest BCUT2D eigenvalue weighted by atomic mass is 16.3. The first-order valence-electron chi connectivity index (χ1n) is 9.51. The molecule has 5 rings (SSSR count). The monoisotopic (exact) mass is 364 g/mol. The van der Waals surface area contributed by atoms with Gasteiger partial charge < -0.3 is 14.9 Å². The number of para-hydroxylation sites is 1. The van der Waals surface area contributed by atoms with Gasteiger partial charge >= 0.3 is 0 Å². The Hall–Kier alpha value is -2.82. The van der Waals surface area contributed by atoms with E-state index in [2.05, 4.69) is 0 Å². The van der Waals surface area contributed by atoms with Crippen LogP contribution < -0.4 is 0 Å². The van der Waals surface area contributed by atoms with Crippen molar-refractivity contribution in [2.75, 3.05) is 13.1 Å². The van der Waals surface area contributed by atoms with Crippen LogP contribution in [0.2, 0.25) is 0 Å². The molecule has 140 valence electrons. The van der Waals surface area contributed by atoms with Gasteiger partial charge in [0.15, 0.2) is 0 Å². The van der Waals surface area contributed by atoms with E-state index in [9.17, 15) is 14.7 Å². The normalized spacial score (nSPS) is 22.0. The van der Waals surface area contributed by atoms with Crippen LogP contribution in [0.4, 0.5) is 0 Å². The van der Waals surface area contributed by atoms with E-state index in [0.717, 1.165) is 18.4 Å². The summed E-state index contributed by atoms with van der Waals surface area (Å²) in [4.78, 5) is 29.6. The summed E-state index contributed by atoms with van der Waals surface area (Å²) < 4.78 is 0. The average molecular weight is 364 g/mol. The summed E-state index contributed by atoms with van der Waals surface area (Å²) in [5.74, 6) is 0.155. The second-order valence-corrected chi connectivity index (χ2v) is 7.48. The van der Waals surface area contributed by atoms with Crippen molar-refractivity contribution in [1.82, 2.24) is 9.80 Å². The van der Waals surface area contributed by atoms with Gasteiger partial charge in [-0.3, -0.25) is 9.59 Å². The Labute approximate surface area is 159 Å². The van der Waals surface area contributed by atoms with Gasteiger partial charge in [0.25, 0.3) is 0 Å². The van der Waals surface area contributed by atoms with Crippen LogP contribution in [0.3, 0.4) is 0 Å². The van der Waals surface area contributed by atoms with Crippen LogP contribution in [0.5, 0.6) is 5.75 Å². The molecule has 2 bridgehead atoms. The van der Waals surface area contributed by atoms with E-state index >= 15 is 0 Å². The number of benzene rings is 2. The average Bonchev–Trinajstić information content (AvgIpc) is 2.97. The molecule has 0 unspecified atom stereocenters. The Morgan fingerprint density at radius 2 is 1.74 bits per heavy atom. The molecule has 0 spiro atoms. The Balaban J connectivity index is 1.49. The Morgan fingerprint density at radius 3 is 2.52 bits per heavy atom. The number of hydrogen-bond acceptors (Lipinski definition) is 3. The van der Waals surface area contributed by atoms with Crippen LogP contribution in [-0.2, 0) is 22.6 Å². The fourth-order valence-electron chi connectivity index (χ4n) is 4.17. The molecule has 2 aromatic carbocycles. The molecule has 3 fully saturated rings. The van der Waals surface area contributed by atoms with Crippen LogP contribution in [0.1, 0.15) is 24.0 Å². The first-order valence-corrected chi connectivity index (χ1v) is 9.51. The standard InChI is InChI=1S/C22H24N2O3/c25-20-9-5-4-8-17(20)12-21(26)23-14-18-10-11-19(15-23)24(22(18)27)13-16-6-2-1-3-7-16/h1-9,18-19,25H,10-15H2/t18-,19+/m1/s1. The molecule has 3 heterocycles. The van der Waals surface area contributed by atoms with E-state index in [1.54, 1.807) is 18.2 Å². The van der Waals surface area contributed by atoms with Crippen molar-refractivity contribution in [1.29, 1.82) is 0 Å². The number of amides is 2. The summed E-state index contributed by atoms with van der Waals surface area (Å²) in [5.41, 5.74) is 1.75. The molecule has 3 aliphatic heterocycles.